The zero-order valence-electron chi connectivity index (χ0n) is 11.4. The second-order valence-electron chi connectivity index (χ2n) is 4.77. The van der Waals surface area contributed by atoms with Crippen molar-refractivity contribution >= 4 is 26.4 Å². The van der Waals surface area contributed by atoms with Crippen LogP contribution in [0.3, 0.4) is 0 Å². The summed E-state index contributed by atoms with van der Waals surface area (Å²) in [5.74, 6) is 0.192. The minimum atomic E-state index is -0.223. The van der Waals surface area contributed by atoms with Gasteiger partial charge < -0.3 is 10.7 Å². The molecule has 7 heteroatoms. The van der Waals surface area contributed by atoms with Crippen molar-refractivity contribution in [3.8, 4) is 0 Å². The van der Waals surface area contributed by atoms with Gasteiger partial charge in [0.2, 0.25) is 5.95 Å². The Kier molecular flexibility index (Phi) is 3.71. The van der Waals surface area contributed by atoms with E-state index in [9.17, 15) is 4.79 Å². The summed E-state index contributed by atoms with van der Waals surface area (Å²) in [6, 6.07) is 8.04. The third-order valence-corrected chi connectivity index (χ3v) is 3.72. The van der Waals surface area contributed by atoms with E-state index in [1.165, 1.54) is 16.5 Å². The predicted molar refractivity (Wildman–Crippen MR) is 86.4 cm³/mol. The van der Waals surface area contributed by atoms with Crippen molar-refractivity contribution in [2.45, 2.75) is 13.0 Å². The third-order valence-electron chi connectivity index (χ3n) is 3.43. The number of hydrogen-bond donors (Lipinski definition) is 2. The summed E-state index contributed by atoms with van der Waals surface area (Å²) in [5, 5.41) is 0. The first kappa shape index (κ1) is 13.8. The summed E-state index contributed by atoms with van der Waals surface area (Å²) in [5.41, 5.74) is 8.72. The van der Waals surface area contributed by atoms with Crippen molar-refractivity contribution in [1.29, 1.82) is 0 Å². The molecule has 3 aromatic rings. The molecule has 3 rings (SSSR count). The SMILES string of the molecule is Nc1nc2[nH]cnc2c(=O)n1Cc1ccccc1CCP. The van der Waals surface area contributed by atoms with E-state index in [4.69, 9.17) is 5.73 Å². The van der Waals surface area contributed by atoms with E-state index < -0.39 is 0 Å². The average Bonchev–Trinajstić information content (AvgIpc) is 2.93. The fraction of sp³-hybridized carbons (Fsp3) is 0.214. The molecule has 0 amide bonds. The summed E-state index contributed by atoms with van der Waals surface area (Å²) in [4.78, 5) is 23.4. The second kappa shape index (κ2) is 5.66. The molecule has 3 N–H and O–H groups in total. The molecule has 0 saturated heterocycles. The number of nitrogens with zero attached hydrogens (tertiary/aromatic N) is 3. The number of nitrogens with one attached hydrogen (secondary N) is 1. The molecule has 0 aliphatic carbocycles. The Hall–Kier alpha value is -2.20. The number of aryl methyl sites for hydroxylation is 1. The lowest BCUT2D eigenvalue weighted by Gasteiger charge is -2.12. The van der Waals surface area contributed by atoms with Gasteiger partial charge in [-0.1, -0.05) is 24.3 Å². The van der Waals surface area contributed by atoms with Crippen molar-refractivity contribution in [3.63, 3.8) is 0 Å². The Morgan fingerprint density at radius 1 is 1.29 bits per heavy atom. The largest absolute Gasteiger partial charge is 0.369 e. The summed E-state index contributed by atoms with van der Waals surface area (Å²) < 4.78 is 1.46. The van der Waals surface area contributed by atoms with E-state index in [2.05, 4.69) is 30.3 Å². The van der Waals surface area contributed by atoms with Crippen molar-refractivity contribution < 1.29 is 0 Å². The molecule has 0 bridgehead atoms. The van der Waals surface area contributed by atoms with Crippen LogP contribution in [-0.2, 0) is 13.0 Å². The van der Waals surface area contributed by atoms with E-state index in [1.807, 2.05) is 18.2 Å². The van der Waals surface area contributed by atoms with Crippen LogP contribution >= 0.6 is 9.24 Å². The van der Waals surface area contributed by atoms with Gasteiger partial charge in [-0.05, 0) is 23.7 Å². The molecule has 6 nitrogen and oxygen atoms in total. The number of aromatic nitrogens is 4. The van der Waals surface area contributed by atoms with Gasteiger partial charge in [-0.15, -0.1) is 9.24 Å². The van der Waals surface area contributed by atoms with E-state index in [0.29, 0.717) is 17.7 Å². The van der Waals surface area contributed by atoms with Gasteiger partial charge >= 0.3 is 0 Å². The topological polar surface area (TPSA) is 89.6 Å². The van der Waals surface area contributed by atoms with Crippen LogP contribution < -0.4 is 11.3 Å². The number of fused-ring (bicyclic) bond motifs is 1. The van der Waals surface area contributed by atoms with Crippen LogP contribution in [0.1, 0.15) is 11.1 Å². The first-order chi connectivity index (χ1) is 10.2. The molecule has 1 unspecified atom stereocenters. The van der Waals surface area contributed by atoms with Crippen LogP contribution in [0.4, 0.5) is 5.95 Å². The highest BCUT2D eigenvalue weighted by Gasteiger charge is 2.12. The van der Waals surface area contributed by atoms with E-state index in [-0.39, 0.29) is 11.5 Å². The van der Waals surface area contributed by atoms with Crippen LogP contribution in [0, 0.1) is 0 Å². The lowest BCUT2D eigenvalue weighted by Crippen LogP contribution is -2.25. The number of aromatic amines is 1. The maximum Gasteiger partial charge on any atom is 0.283 e. The average molecular weight is 301 g/mol. The second-order valence-corrected chi connectivity index (χ2v) is 5.35. The monoisotopic (exact) mass is 301 g/mol. The Bertz CT molecular complexity index is 839. The van der Waals surface area contributed by atoms with Crippen LogP contribution in [-0.4, -0.2) is 25.7 Å². The fourth-order valence-corrected chi connectivity index (χ4v) is 2.68. The molecular weight excluding hydrogens is 285 g/mol. The smallest absolute Gasteiger partial charge is 0.283 e. The molecular formula is C14H16N5OP. The molecule has 21 heavy (non-hydrogen) atoms. The zero-order valence-corrected chi connectivity index (χ0v) is 12.6. The number of nitrogen functional groups attached to an aromatic ring is 1. The molecule has 0 aliphatic heterocycles. The molecule has 1 atom stereocenters. The Morgan fingerprint density at radius 2 is 2.05 bits per heavy atom. The zero-order chi connectivity index (χ0) is 14.8. The lowest BCUT2D eigenvalue weighted by atomic mass is 10.1. The van der Waals surface area contributed by atoms with Gasteiger partial charge in [-0.2, -0.15) is 4.98 Å². The van der Waals surface area contributed by atoms with E-state index in [1.54, 1.807) is 0 Å². The molecule has 0 fully saturated rings. The summed E-state index contributed by atoms with van der Waals surface area (Å²) in [6.07, 6.45) is 3.36. The van der Waals surface area contributed by atoms with Gasteiger partial charge in [-0.25, -0.2) is 4.98 Å². The maximum absolute atomic E-state index is 12.4. The van der Waals surface area contributed by atoms with Gasteiger partial charge in [0.15, 0.2) is 11.2 Å². The number of benzene rings is 1. The molecule has 0 spiro atoms. The predicted octanol–water partition coefficient (Wildman–Crippen LogP) is 1.17. The minimum Gasteiger partial charge on any atom is -0.369 e. The standard InChI is InChI=1S/C14H16N5OP/c15-14-18-12-11(16-8-17-12)13(20)19(14)7-10-4-2-1-3-9(10)5-6-21/h1-4,8H,5-7,21H2,(H2,15,18)(H,16,17). The number of nitrogens with two attached hydrogens (primary N) is 1. The van der Waals surface area contributed by atoms with Gasteiger partial charge in [0, 0.05) is 0 Å². The maximum atomic E-state index is 12.4. The highest BCUT2D eigenvalue weighted by Crippen LogP contribution is 2.14. The van der Waals surface area contributed by atoms with Crippen molar-refractivity contribution in [1.82, 2.24) is 19.5 Å². The first-order valence-electron chi connectivity index (χ1n) is 6.67. The molecule has 108 valence electrons. The summed E-state index contributed by atoms with van der Waals surface area (Å²) in [7, 11) is 2.72. The van der Waals surface area contributed by atoms with Crippen molar-refractivity contribution in [2.24, 2.45) is 0 Å². The molecule has 2 aromatic heterocycles. The van der Waals surface area contributed by atoms with Crippen LogP contribution in [0.2, 0.25) is 0 Å². The number of imidazole rings is 1. The minimum absolute atomic E-state index is 0.192. The van der Waals surface area contributed by atoms with Crippen molar-refractivity contribution in [3.05, 3.63) is 52.1 Å². The molecule has 2 heterocycles. The van der Waals surface area contributed by atoms with E-state index in [0.717, 1.165) is 18.1 Å². The molecule has 0 saturated carbocycles. The van der Waals surface area contributed by atoms with Gasteiger partial charge in [0.25, 0.3) is 5.56 Å². The van der Waals surface area contributed by atoms with Crippen LogP contribution in [0.5, 0.6) is 0 Å². The quantitative estimate of drug-likeness (QED) is 0.708. The van der Waals surface area contributed by atoms with Crippen LogP contribution in [0.15, 0.2) is 35.4 Å². The lowest BCUT2D eigenvalue weighted by molar-refractivity contribution is 0.754. The van der Waals surface area contributed by atoms with Gasteiger partial charge in [0.1, 0.15) is 0 Å². The highest BCUT2D eigenvalue weighted by molar-refractivity contribution is 7.16. The van der Waals surface area contributed by atoms with Gasteiger partial charge in [0.05, 0.1) is 12.9 Å². The molecule has 1 aromatic carbocycles. The molecule has 0 aliphatic rings. The fourth-order valence-electron chi connectivity index (χ4n) is 2.37. The molecule has 0 radical (unpaired) electrons. The Labute approximate surface area is 123 Å². The number of hydrogen-bond acceptors (Lipinski definition) is 4. The number of rotatable bonds is 4. The normalized spacial score (nSPS) is 11.1. The van der Waals surface area contributed by atoms with Crippen LogP contribution in [0.25, 0.3) is 11.2 Å². The highest BCUT2D eigenvalue weighted by atomic mass is 31.0. The van der Waals surface area contributed by atoms with Gasteiger partial charge in [-0.3, -0.25) is 9.36 Å². The van der Waals surface area contributed by atoms with E-state index >= 15 is 0 Å². The number of H-pyrrole nitrogens is 1. The summed E-state index contributed by atoms with van der Waals surface area (Å²) in [6.45, 7) is 0.404. The third kappa shape index (κ3) is 2.54. The van der Waals surface area contributed by atoms with Crippen molar-refractivity contribution in [2.75, 3.05) is 11.9 Å². The first-order valence-corrected chi connectivity index (χ1v) is 7.48. The Morgan fingerprint density at radius 3 is 2.81 bits per heavy atom. The summed E-state index contributed by atoms with van der Waals surface area (Å²) >= 11 is 0. The Balaban J connectivity index is 2.08. The number of anilines is 1.